The number of likely N-dealkylation sites (N-methyl/N-ethyl adjacent to an activating group) is 1. The van der Waals surface area contributed by atoms with Gasteiger partial charge in [0.25, 0.3) is 5.91 Å². The Hall–Kier alpha value is -6.23. The van der Waals surface area contributed by atoms with Gasteiger partial charge in [0, 0.05) is 111 Å². The molecule has 3 saturated heterocycles. The molecule has 3 aliphatic rings. The summed E-state index contributed by atoms with van der Waals surface area (Å²) >= 11 is 12.6. The molecule has 3 aliphatic heterocycles. The average Bonchev–Trinajstić information content (AvgIpc) is 3.69. The predicted molar refractivity (Wildman–Crippen MR) is 245 cm³/mol. The van der Waals surface area contributed by atoms with Crippen LogP contribution in [0.4, 0.5) is 11.5 Å². The minimum atomic E-state index is -0.727. The molecule has 0 bridgehead atoms. The summed E-state index contributed by atoms with van der Waals surface area (Å²) in [4.78, 5) is 81.0. The van der Waals surface area contributed by atoms with Crippen molar-refractivity contribution in [2.45, 2.75) is 57.6 Å². The number of nitrogens with one attached hydrogen (secondary N) is 3. The first-order valence-electron chi connectivity index (χ1n) is 20.9. The van der Waals surface area contributed by atoms with Crippen molar-refractivity contribution in [3.05, 3.63) is 93.9 Å². The third-order valence-corrected chi connectivity index (χ3v) is 12.0. The number of aromatic amines is 1. The highest BCUT2D eigenvalue weighted by molar-refractivity contribution is 6.35. The van der Waals surface area contributed by atoms with E-state index in [-0.39, 0.29) is 36.0 Å². The van der Waals surface area contributed by atoms with Gasteiger partial charge in [-0.3, -0.25) is 34.6 Å². The molecule has 3 fully saturated rings. The van der Waals surface area contributed by atoms with Gasteiger partial charge in [-0.2, -0.15) is 5.10 Å². The Morgan fingerprint density at radius 3 is 2.30 bits per heavy atom. The number of nitrogens with zero attached hydrogens (tertiary/aromatic N) is 6. The van der Waals surface area contributed by atoms with Crippen molar-refractivity contribution in [1.29, 1.82) is 0 Å². The smallest absolute Gasteiger partial charge is 0.257 e. The first-order valence-corrected chi connectivity index (χ1v) is 21.6. The van der Waals surface area contributed by atoms with Crippen molar-refractivity contribution in [2.75, 3.05) is 57.5 Å². The number of fused-ring (bicyclic) bond motifs is 1. The molecule has 2 aromatic carbocycles. The van der Waals surface area contributed by atoms with E-state index in [1.807, 2.05) is 31.3 Å². The fourth-order valence-electron chi connectivity index (χ4n) is 8.24. The van der Waals surface area contributed by atoms with Crippen LogP contribution in [0.15, 0.2) is 67.1 Å². The molecule has 3 amide bonds. The van der Waals surface area contributed by atoms with E-state index < -0.39 is 17.9 Å². The summed E-state index contributed by atoms with van der Waals surface area (Å²) in [6.07, 6.45) is 10.4. The normalized spacial score (nSPS) is 16.7. The van der Waals surface area contributed by atoms with Gasteiger partial charge in [0.1, 0.15) is 42.0 Å². The lowest BCUT2D eigenvalue weighted by atomic mass is 9.73. The molecule has 0 saturated carbocycles. The van der Waals surface area contributed by atoms with Gasteiger partial charge >= 0.3 is 0 Å². The Balaban J connectivity index is 0.000000194. The number of imide groups is 1. The minimum absolute atomic E-state index is 0.183. The average molecular weight is 913 g/mol. The highest BCUT2D eigenvalue weighted by atomic mass is 35.5. The molecule has 0 radical (unpaired) electrons. The maximum Gasteiger partial charge on any atom is 0.257 e. The number of aromatic nitrogens is 4. The molecule has 1 spiro atoms. The number of rotatable bonds is 14. The molecule has 16 nitrogen and oxygen atoms in total. The van der Waals surface area contributed by atoms with E-state index in [2.05, 4.69) is 54.8 Å². The number of ether oxygens (including phenoxy) is 1. The number of aldehydes is 3. The maximum atomic E-state index is 12.7. The van der Waals surface area contributed by atoms with Crippen LogP contribution in [0.3, 0.4) is 0 Å². The second-order valence-corrected chi connectivity index (χ2v) is 16.9. The minimum Gasteiger partial charge on any atom is -0.486 e. The fraction of sp³-hybridized carbons (Fsp3) is 0.370. The van der Waals surface area contributed by atoms with Crippen molar-refractivity contribution >= 4 is 82.2 Å². The quantitative estimate of drug-likeness (QED) is 0.0614. The van der Waals surface area contributed by atoms with E-state index in [9.17, 15) is 28.8 Å². The summed E-state index contributed by atoms with van der Waals surface area (Å²) in [6.45, 7) is 6.45. The molecule has 5 aromatic rings. The number of hydrogen-bond donors (Lipinski definition) is 3. The summed E-state index contributed by atoms with van der Waals surface area (Å²) in [5.41, 5.74) is 4.89. The van der Waals surface area contributed by atoms with E-state index >= 15 is 0 Å². The molecule has 8 rings (SSSR count). The number of pyridine rings is 2. The third kappa shape index (κ3) is 10.9. The molecule has 336 valence electrons. The van der Waals surface area contributed by atoms with Gasteiger partial charge in [0.2, 0.25) is 11.8 Å². The van der Waals surface area contributed by atoms with Crippen molar-refractivity contribution < 1.29 is 33.5 Å². The van der Waals surface area contributed by atoms with Gasteiger partial charge < -0.3 is 34.3 Å². The first-order chi connectivity index (χ1) is 30.8. The van der Waals surface area contributed by atoms with Gasteiger partial charge in [-0.15, -0.1) is 0 Å². The summed E-state index contributed by atoms with van der Waals surface area (Å²) < 4.78 is 6.18. The first kappa shape index (κ1) is 47.3. The van der Waals surface area contributed by atoms with Crippen LogP contribution in [-0.4, -0.2) is 120 Å². The van der Waals surface area contributed by atoms with Crippen LogP contribution in [0.25, 0.3) is 22.2 Å². The Morgan fingerprint density at radius 1 is 1.00 bits per heavy atom. The Labute approximate surface area is 381 Å². The molecule has 6 heterocycles. The number of hydrogen-bond acceptors (Lipinski definition) is 13. The van der Waals surface area contributed by atoms with Crippen LogP contribution in [0.1, 0.15) is 77.8 Å². The topological polar surface area (TPSA) is 200 Å². The molecular formula is C46H51Cl2N9O7. The number of piperidine rings is 1. The summed E-state index contributed by atoms with van der Waals surface area (Å²) in [7, 11) is 5.31. The highest BCUT2D eigenvalue weighted by Crippen LogP contribution is 2.41. The number of halogens is 2. The number of unbranched alkanes of at least 4 members (excludes halogenated alkanes) is 3. The molecule has 18 heteroatoms. The highest BCUT2D eigenvalue weighted by Gasteiger charge is 2.50. The van der Waals surface area contributed by atoms with E-state index in [0.717, 1.165) is 66.5 Å². The molecule has 2 atom stereocenters. The van der Waals surface area contributed by atoms with Gasteiger partial charge in [0.05, 0.1) is 21.1 Å². The second kappa shape index (κ2) is 21.4. The number of anilines is 2. The lowest BCUT2D eigenvalue weighted by molar-refractivity contribution is -0.136. The van der Waals surface area contributed by atoms with E-state index in [0.29, 0.717) is 51.6 Å². The van der Waals surface area contributed by atoms with Crippen LogP contribution < -0.4 is 20.3 Å². The Bertz CT molecular complexity index is 2460. The van der Waals surface area contributed by atoms with Crippen molar-refractivity contribution in [2.24, 2.45) is 5.41 Å². The summed E-state index contributed by atoms with van der Waals surface area (Å²) in [5, 5.41) is 14.7. The fourth-order valence-corrected chi connectivity index (χ4v) is 8.91. The molecule has 3 aromatic heterocycles. The zero-order valence-electron chi connectivity index (χ0n) is 36.1. The number of H-pyrrole nitrogens is 1. The van der Waals surface area contributed by atoms with Gasteiger partial charge in [0.15, 0.2) is 6.29 Å². The van der Waals surface area contributed by atoms with Crippen LogP contribution in [0.2, 0.25) is 10.0 Å². The van der Waals surface area contributed by atoms with Crippen LogP contribution in [0, 0.1) is 5.41 Å². The Kier molecular flexibility index (Phi) is 15.8. The van der Waals surface area contributed by atoms with Crippen LogP contribution in [-0.2, 0) is 19.2 Å². The number of likely N-dealkylation sites (tertiary alicyclic amines) is 1. The van der Waals surface area contributed by atoms with E-state index in [4.69, 9.17) is 32.9 Å². The summed E-state index contributed by atoms with van der Waals surface area (Å²) in [5.74, 6) is 0.440. The van der Waals surface area contributed by atoms with Gasteiger partial charge in [-0.05, 0) is 69.6 Å². The van der Waals surface area contributed by atoms with E-state index in [1.54, 1.807) is 37.6 Å². The number of carbonyl (C=O) groups excluding carboxylic acids is 6. The lowest BCUT2D eigenvalue weighted by Crippen LogP contribution is -2.71. The number of benzene rings is 2. The molecule has 3 N–H and O–H groups in total. The summed E-state index contributed by atoms with van der Waals surface area (Å²) in [6, 6.07) is 14.2. The second-order valence-electron chi connectivity index (χ2n) is 16.1. The largest absolute Gasteiger partial charge is 0.486 e. The Morgan fingerprint density at radius 2 is 1.70 bits per heavy atom. The van der Waals surface area contributed by atoms with E-state index in [1.165, 1.54) is 25.0 Å². The third-order valence-electron chi connectivity index (χ3n) is 11.4. The number of carbonyl (C=O) groups is 6. The number of amides is 3. The molecule has 64 heavy (non-hydrogen) atoms. The molecule has 1 unspecified atom stereocenters. The van der Waals surface area contributed by atoms with Crippen LogP contribution in [0.5, 0.6) is 5.75 Å². The van der Waals surface area contributed by atoms with Crippen LogP contribution >= 0.6 is 23.2 Å². The van der Waals surface area contributed by atoms with Crippen molar-refractivity contribution in [1.82, 2.24) is 35.3 Å². The predicted octanol–water partition coefficient (Wildman–Crippen LogP) is 6.58. The monoisotopic (exact) mass is 911 g/mol. The van der Waals surface area contributed by atoms with Crippen molar-refractivity contribution in [3.8, 4) is 17.0 Å². The van der Waals surface area contributed by atoms with Gasteiger partial charge in [-0.25, -0.2) is 4.98 Å². The van der Waals surface area contributed by atoms with Crippen molar-refractivity contribution in [3.63, 3.8) is 0 Å². The lowest BCUT2D eigenvalue weighted by Gasteiger charge is -2.59. The zero-order chi connectivity index (χ0) is 46.0. The zero-order valence-corrected chi connectivity index (χ0v) is 37.6. The standard InChI is InChI=1S/C25H24Cl2N6O.C15H17N3O4.C6H10O2/c1-15(23-19(26)9-28-10-20(23)27)34-17-4-5-21-18(7-17)24(31-30-21)16-3-6-22(29-8-16)33-13-25(14-33)11-32(2)12-25;1-16-10-5-3-4-9(8-19)13(10)15(22)18(2)11-6-7-12(20)17-14(11)21;7-5-3-1-2-4-6-8/h3-10,15H,11-14H2,1-2H3,(H,30,31);3-5,8,11,16H,6-7H2,1-2H3,(H,17,20,21);5-6H,1-4H2/t15-;;/m1../s1. The SMILES string of the molecule is CNc1cccc(C=O)c1C(=O)N(C)C1CCC(=O)NC1=O.C[C@@H](Oc1ccc2[nH]nc(-c3ccc(N4CC5(CN(C)C5)C4)nc3)c2c1)c1c(Cl)cncc1Cl.O=CCCCCC=O. The van der Waals surface area contributed by atoms with Gasteiger partial charge in [-0.1, -0.05) is 35.3 Å². The maximum absolute atomic E-state index is 12.7. The molecular weight excluding hydrogens is 861 g/mol. The molecule has 0 aliphatic carbocycles.